The average Bonchev–Trinajstić information content (AvgIpc) is 2.38. The van der Waals surface area contributed by atoms with Crippen LogP contribution in [-0.2, 0) is 4.79 Å². The van der Waals surface area contributed by atoms with Crippen LogP contribution < -0.4 is 0 Å². The summed E-state index contributed by atoms with van der Waals surface area (Å²) in [5.41, 5.74) is 0.439. The third-order valence-corrected chi connectivity index (χ3v) is 5.44. The number of aliphatic carboxylic acids is 1. The van der Waals surface area contributed by atoms with Crippen LogP contribution in [0, 0.1) is 17.3 Å². The van der Waals surface area contributed by atoms with Gasteiger partial charge in [0, 0.05) is 6.04 Å². The molecule has 0 aromatic carbocycles. The molecule has 0 aromatic heterocycles. The minimum absolute atomic E-state index is 0.135. The molecule has 1 heterocycles. The van der Waals surface area contributed by atoms with Crippen LogP contribution in [0.15, 0.2) is 0 Å². The number of likely N-dealkylation sites (tertiary alicyclic amines) is 1. The molecule has 1 aliphatic heterocycles. The molecule has 0 aromatic rings. The van der Waals surface area contributed by atoms with E-state index in [9.17, 15) is 9.90 Å². The molecule has 3 atom stereocenters. The molecular weight excluding hydrogens is 238 g/mol. The summed E-state index contributed by atoms with van der Waals surface area (Å²) >= 11 is 0. The van der Waals surface area contributed by atoms with Gasteiger partial charge in [-0.15, -0.1) is 0 Å². The van der Waals surface area contributed by atoms with Gasteiger partial charge in [-0.1, -0.05) is 27.2 Å². The van der Waals surface area contributed by atoms with E-state index < -0.39 is 5.97 Å². The molecular formula is C16H29NO2. The Labute approximate surface area is 117 Å². The van der Waals surface area contributed by atoms with E-state index in [0.717, 1.165) is 38.3 Å². The van der Waals surface area contributed by atoms with E-state index in [1.54, 1.807) is 0 Å². The molecule has 2 aliphatic rings. The number of hydrogen-bond acceptors (Lipinski definition) is 2. The highest BCUT2D eigenvalue weighted by Gasteiger charge is 2.39. The van der Waals surface area contributed by atoms with E-state index in [2.05, 4.69) is 25.7 Å². The lowest BCUT2D eigenvalue weighted by atomic mass is 9.74. The summed E-state index contributed by atoms with van der Waals surface area (Å²) < 4.78 is 0. The highest BCUT2D eigenvalue weighted by atomic mass is 16.4. The van der Waals surface area contributed by atoms with Gasteiger partial charge in [-0.3, -0.25) is 9.69 Å². The monoisotopic (exact) mass is 267 g/mol. The highest BCUT2D eigenvalue weighted by molar-refractivity contribution is 5.71. The van der Waals surface area contributed by atoms with Crippen LogP contribution in [0.25, 0.3) is 0 Å². The number of nitrogens with zero attached hydrogens (tertiary/aromatic N) is 1. The van der Waals surface area contributed by atoms with Gasteiger partial charge < -0.3 is 5.11 Å². The summed E-state index contributed by atoms with van der Waals surface area (Å²) in [6.45, 7) is 9.06. The normalized spacial score (nSPS) is 36.1. The van der Waals surface area contributed by atoms with Crippen LogP contribution >= 0.6 is 0 Å². The number of carboxylic acids is 1. The summed E-state index contributed by atoms with van der Waals surface area (Å²) in [4.78, 5) is 14.0. The van der Waals surface area contributed by atoms with Crippen molar-refractivity contribution in [3.05, 3.63) is 0 Å². The van der Waals surface area contributed by atoms with E-state index in [-0.39, 0.29) is 12.0 Å². The smallest absolute Gasteiger partial charge is 0.308 e. The van der Waals surface area contributed by atoms with Crippen molar-refractivity contribution in [3.63, 3.8) is 0 Å². The van der Waals surface area contributed by atoms with Crippen LogP contribution in [0.1, 0.15) is 59.3 Å². The summed E-state index contributed by atoms with van der Waals surface area (Å²) in [7, 11) is 0. The molecule has 1 N–H and O–H groups in total. The SMILES string of the molecule is CCC1CCC(C(=O)O)C(N2CCC(C)(C)CC2)C1. The molecule has 1 aliphatic carbocycles. The minimum Gasteiger partial charge on any atom is -0.481 e. The van der Waals surface area contributed by atoms with Crippen molar-refractivity contribution in [2.75, 3.05) is 13.1 Å². The Morgan fingerprint density at radius 1 is 1.26 bits per heavy atom. The van der Waals surface area contributed by atoms with Gasteiger partial charge in [0.1, 0.15) is 0 Å². The number of hydrogen-bond donors (Lipinski definition) is 1. The van der Waals surface area contributed by atoms with Gasteiger partial charge in [0.05, 0.1) is 5.92 Å². The lowest BCUT2D eigenvalue weighted by molar-refractivity contribution is -0.146. The fourth-order valence-corrected chi connectivity index (χ4v) is 3.75. The zero-order chi connectivity index (χ0) is 14.0. The zero-order valence-corrected chi connectivity index (χ0v) is 12.7. The molecule has 0 bridgehead atoms. The first-order valence-electron chi connectivity index (χ1n) is 7.90. The maximum absolute atomic E-state index is 11.5. The van der Waals surface area contributed by atoms with Crippen molar-refractivity contribution < 1.29 is 9.90 Å². The third kappa shape index (κ3) is 3.50. The zero-order valence-electron chi connectivity index (χ0n) is 12.7. The lowest BCUT2D eigenvalue weighted by Crippen LogP contribution is -2.51. The molecule has 3 nitrogen and oxygen atoms in total. The Bertz CT molecular complexity index is 317. The Morgan fingerprint density at radius 3 is 2.42 bits per heavy atom. The van der Waals surface area contributed by atoms with Crippen LogP contribution in [0.3, 0.4) is 0 Å². The van der Waals surface area contributed by atoms with Crippen molar-refractivity contribution in [2.45, 2.75) is 65.3 Å². The minimum atomic E-state index is -0.579. The summed E-state index contributed by atoms with van der Waals surface area (Å²) in [6.07, 6.45) is 6.66. The Balaban J connectivity index is 2.03. The molecule has 0 amide bonds. The number of rotatable bonds is 3. The first-order chi connectivity index (χ1) is 8.93. The maximum atomic E-state index is 11.5. The molecule has 3 unspecified atom stereocenters. The second-order valence-electron chi connectivity index (χ2n) is 7.30. The molecule has 2 fully saturated rings. The van der Waals surface area contributed by atoms with Gasteiger partial charge in [-0.2, -0.15) is 0 Å². The fourth-order valence-electron chi connectivity index (χ4n) is 3.75. The van der Waals surface area contributed by atoms with E-state index >= 15 is 0 Å². The predicted octanol–water partition coefficient (Wildman–Crippen LogP) is 3.39. The second kappa shape index (κ2) is 5.82. The summed E-state index contributed by atoms with van der Waals surface area (Å²) in [5.74, 6) is 0.0175. The van der Waals surface area contributed by atoms with Crippen LogP contribution in [0.2, 0.25) is 0 Å². The number of piperidine rings is 1. The van der Waals surface area contributed by atoms with Crippen molar-refractivity contribution in [2.24, 2.45) is 17.3 Å². The van der Waals surface area contributed by atoms with Crippen molar-refractivity contribution in [3.8, 4) is 0 Å². The second-order valence-corrected chi connectivity index (χ2v) is 7.30. The Morgan fingerprint density at radius 2 is 1.89 bits per heavy atom. The van der Waals surface area contributed by atoms with Gasteiger partial charge in [-0.25, -0.2) is 0 Å². The molecule has 0 radical (unpaired) electrons. The van der Waals surface area contributed by atoms with Crippen molar-refractivity contribution in [1.29, 1.82) is 0 Å². The standard InChI is InChI=1S/C16H29NO2/c1-4-12-5-6-13(15(18)19)14(11-12)17-9-7-16(2,3)8-10-17/h12-14H,4-11H2,1-3H3,(H,18,19). The maximum Gasteiger partial charge on any atom is 0.308 e. The Hall–Kier alpha value is -0.570. The van der Waals surface area contributed by atoms with E-state index in [1.165, 1.54) is 19.3 Å². The van der Waals surface area contributed by atoms with Crippen LogP contribution in [0.4, 0.5) is 0 Å². The van der Waals surface area contributed by atoms with Crippen LogP contribution in [0.5, 0.6) is 0 Å². The lowest BCUT2D eigenvalue weighted by Gasteiger charge is -2.46. The highest BCUT2D eigenvalue weighted by Crippen LogP contribution is 2.38. The third-order valence-electron chi connectivity index (χ3n) is 5.44. The molecule has 3 heteroatoms. The fraction of sp³-hybridized carbons (Fsp3) is 0.938. The van der Waals surface area contributed by atoms with Gasteiger partial charge in [0.15, 0.2) is 0 Å². The quantitative estimate of drug-likeness (QED) is 0.852. The van der Waals surface area contributed by atoms with Crippen LogP contribution in [-0.4, -0.2) is 35.1 Å². The number of carbonyl (C=O) groups is 1. The van der Waals surface area contributed by atoms with Gasteiger partial charge in [-0.05, 0) is 56.5 Å². The molecule has 2 rings (SSSR count). The predicted molar refractivity (Wildman–Crippen MR) is 77.1 cm³/mol. The number of carboxylic acid groups (broad SMARTS) is 1. The van der Waals surface area contributed by atoms with E-state index in [0.29, 0.717) is 5.41 Å². The molecule has 1 saturated heterocycles. The topological polar surface area (TPSA) is 40.5 Å². The first kappa shape index (κ1) is 14.8. The van der Waals surface area contributed by atoms with E-state index in [4.69, 9.17) is 0 Å². The first-order valence-corrected chi connectivity index (χ1v) is 7.90. The molecule has 110 valence electrons. The largest absolute Gasteiger partial charge is 0.481 e. The molecule has 0 spiro atoms. The van der Waals surface area contributed by atoms with Crippen molar-refractivity contribution >= 4 is 5.97 Å². The summed E-state index contributed by atoms with van der Waals surface area (Å²) in [6, 6.07) is 0.285. The Kier molecular flexibility index (Phi) is 4.54. The van der Waals surface area contributed by atoms with Gasteiger partial charge >= 0.3 is 5.97 Å². The van der Waals surface area contributed by atoms with Crippen molar-refractivity contribution in [1.82, 2.24) is 4.90 Å². The summed E-state index contributed by atoms with van der Waals surface area (Å²) in [5, 5.41) is 9.47. The van der Waals surface area contributed by atoms with E-state index in [1.807, 2.05) is 0 Å². The average molecular weight is 267 g/mol. The molecule has 1 saturated carbocycles. The van der Waals surface area contributed by atoms with Gasteiger partial charge in [0.25, 0.3) is 0 Å². The van der Waals surface area contributed by atoms with Gasteiger partial charge in [0.2, 0.25) is 0 Å². The molecule has 19 heavy (non-hydrogen) atoms.